The first-order valence-electron chi connectivity index (χ1n) is 5.42. The minimum Gasteiger partial charge on any atom is -0.374 e. The molecule has 0 aliphatic carbocycles. The Kier molecular flexibility index (Phi) is 4.65. The maximum Gasteiger partial charge on any atom is 0.0837 e. The maximum atomic E-state index is 5.81. The van der Waals surface area contributed by atoms with Gasteiger partial charge in [-0.2, -0.15) is 0 Å². The zero-order valence-electron chi connectivity index (χ0n) is 9.03. The molecule has 0 aromatic heterocycles. The first kappa shape index (κ1) is 12.4. The second-order valence-electron chi connectivity index (χ2n) is 4.01. The van der Waals surface area contributed by atoms with Crippen LogP contribution in [0.2, 0.25) is 0 Å². The summed E-state index contributed by atoms with van der Waals surface area (Å²) in [7, 11) is 0. The molecule has 1 atom stereocenters. The van der Waals surface area contributed by atoms with Crippen molar-refractivity contribution >= 4 is 27.5 Å². The van der Waals surface area contributed by atoms with Crippen molar-refractivity contribution < 1.29 is 4.74 Å². The fraction of sp³-hybridized carbons (Fsp3) is 0.500. The van der Waals surface area contributed by atoms with E-state index < -0.39 is 0 Å². The Morgan fingerprint density at radius 3 is 3.12 bits per heavy atom. The van der Waals surface area contributed by atoms with Gasteiger partial charge in [-0.1, -0.05) is 28.1 Å². The van der Waals surface area contributed by atoms with E-state index in [0.29, 0.717) is 5.88 Å². The average molecular weight is 305 g/mol. The Morgan fingerprint density at radius 2 is 2.38 bits per heavy atom. The highest BCUT2D eigenvalue weighted by Crippen LogP contribution is 2.15. The van der Waals surface area contributed by atoms with Crippen molar-refractivity contribution in [1.29, 1.82) is 0 Å². The summed E-state index contributed by atoms with van der Waals surface area (Å²) in [6.07, 6.45) is 0.183. The van der Waals surface area contributed by atoms with Gasteiger partial charge < -0.3 is 4.74 Å². The quantitative estimate of drug-likeness (QED) is 0.796. The molecule has 0 bridgehead atoms. The number of ether oxygens (including phenoxy) is 1. The number of benzene rings is 1. The summed E-state index contributed by atoms with van der Waals surface area (Å²) in [6, 6.07) is 8.42. The number of nitrogens with zero attached hydrogens (tertiary/aromatic N) is 1. The van der Waals surface area contributed by atoms with Gasteiger partial charge in [0, 0.05) is 30.0 Å². The van der Waals surface area contributed by atoms with Crippen LogP contribution < -0.4 is 0 Å². The largest absolute Gasteiger partial charge is 0.374 e. The Balaban J connectivity index is 1.94. The molecule has 2 nitrogen and oxygen atoms in total. The fourth-order valence-electron chi connectivity index (χ4n) is 1.91. The second kappa shape index (κ2) is 6.01. The van der Waals surface area contributed by atoms with Crippen molar-refractivity contribution in [2.45, 2.75) is 12.6 Å². The molecule has 4 heteroatoms. The zero-order valence-corrected chi connectivity index (χ0v) is 11.4. The molecule has 0 amide bonds. The van der Waals surface area contributed by atoms with Gasteiger partial charge in [-0.3, -0.25) is 4.90 Å². The molecule has 1 unspecified atom stereocenters. The van der Waals surface area contributed by atoms with Gasteiger partial charge in [-0.25, -0.2) is 0 Å². The Labute approximate surface area is 110 Å². The van der Waals surface area contributed by atoms with Gasteiger partial charge in [0.2, 0.25) is 0 Å². The SMILES string of the molecule is ClCC1CN(Cc2cccc(Br)c2)CCO1. The third-order valence-electron chi connectivity index (χ3n) is 2.69. The maximum absolute atomic E-state index is 5.81. The molecule has 1 aliphatic heterocycles. The normalized spacial score (nSPS) is 22.2. The van der Waals surface area contributed by atoms with Crippen molar-refractivity contribution in [3.05, 3.63) is 34.3 Å². The van der Waals surface area contributed by atoms with Crippen LogP contribution >= 0.6 is 27.5 Å². The van der Waals surface area contributed by atoms with Crippen LogP contribution in [0.3, 0.4) is 0 Å². The molecule has 0 radical (unpaired) electrons. The van der Waals surface area contributed by atoms with Crippen LogP contribution in [0.1, 0.15) is 5.56 Å². The molecule has 16 heavy (non-hydrogen) atoms. The van der Waals surface area contributed by atoms with Crippen LogP contribution in [0.15, 0.2) is 28.7 Å². The van der Waals surface area contributed by atoms with Crippen molar-refractivity contribution in [2.75, 3.05) is 25.6 Å². The summed E-state index contributed by atoms with van der Waals surface area (Å²) >= 11 is 9.30. The van der Waals surface area contributed by atoms with E-state index in [9.17, 15) is 0 Å². The standard InChI is InChI=1S/C12H15BrClNO/c13-11-3-1-2-10(6-11)8-15-4-5-16-12(7-14)9-15/h1-3,6,12H,4-5,7-9H2. The summed E-state index contributed by atoms with van der Waals surface area (Å²) in [6.45, 7) is 3.66. The van der Waals surface area contributed by atoms with Gasteiger partial charge in [0.05, 0.1) is 12.7 Å². The highest BCUT2D eigenvalue weighted by atomic mass is 79.9. The van der Waals surface area contributed by atoms with Crippen LogP contribution in [0.25, 0.3) is 0 Å². The van der Waals surface area contributed by atoms with Gasteiger partial charge in [0.1, 0.15) is 0 Å². The van der Waals surface area contributed by atoms with Gasteiger partial charge in [0.25, 0.3) is 0 Å². The van der Waals surface area contributed by atoms with Crippen LogP contribution in [-0.4, -0.2) is 36.6 Å². The van der Waals surface area contributed by atoms with Crippen molar-refractivity contribution in [2.24, 2.45) is 0 Å². The van der Waals surface area contributed by atoms with E-state index in [1.165, 1.54) is 5.56 Å². The van der Waals surface area contributed by atoms with Crippen LogP contribution in [0.5, 0.6) is 0 Å². The van der Waals surface area contributed by atoms with E-state index in [2.05, 4.69) is 39.0 Å². The molecule has 0 N–H and O–H groups in total. The third kappa shape index (κ3) is 3.45. The number of morpholine rings is 1. The summed E-state index contributed by atoms with van der Waals surface area (Å²) in [5, 5.41) is 0. The van der Waals surface area contributed by atoms with Crippen LogP contribution in [0.4, 0.5) is 0 Å². The molecule has 2 rings (SSSR count). The van der Waals surface area contributed by atoms with E-state index in [4.69, 9.17) is 16.3 Å². The molecule has 88 valence electrons. The molecule has 1 aliphatic rings. The van der Waals surface area contributed by atoms with Crippen molar-refractivity contribution in [3.8, 4) is 0 Å². The lowest BCUT2D eigenvalue weighted by Gasteiger charge is -2.31. The van der Waals surface area contributed by atoms with Crippen LogP contribution in [0, 0.1) is 0 Å². The van der Waals surface area contributed by atoms with Crippen LogP contribution in [-0.2, 0) is 11.3 Å². The molecule has 0 spiro atoms. The minimum absolute atomic E-state index is 0.183. The first-order valence-corrected chi connectivity index (χ1v) is 6.75. The Morgan fingerprint density at radius 1 is 1.50 bits per heavy atom. The van der Waals surface area contributed by atoms with E-state index in [-0.39, 0.29) is 6.10 Å². The highest BCUT2D eigenvalue weighted by Gasteiger charge is 2.19. The van der Waals surface area contributed by atoms with Gasteiger partial charge in [0.15, 0.2) is 0 Å². The van der Waals surface area contributed by atoms with E-state index in [1.54, 1.807) is 0 Å². The predicted octanol–water partition coefficient (Wildman–Crippen LogP) is 2.89. The molecule has 1 saturated heterocycles. The summed E-state index contributed by atoms with van der Waals surface area (Å²) in [5.74, 6) is 0.578. The number of halogens is 2. The zero-order chi connectivity index (χ0) is 11.4. The van der Waals surface area contributed by atoms with Gasteiger partial charge >= 0.3 is 0 Å². The summed E-state index contributed by atoms with van der Waals surface area (Å²) in [5.41, 5.74) is 1.32. The highest BCUT2D eigenvalue weighted by molar-refractivity contribution is 9.10. The van der Waals surface area contributed by atoms with Crippen molar-refractivity contribution in [3.63, 3.8) is 0 Å². The third-order valence-corrected chi connectivity index (χ3v) is 3.53. The monoisotopic (exact) mass is 303 g/mol. The number of rotatable bonds is 3. The molecule has 1 heterocycles. The molecular formula is C12H15BrClNO. The van der Waals surface area contributed by atoms with Gasteiger partial charge in [-0.15, -0.1) is 11.6 Å². The van der Waals surface area contributed by atoms with Crippen molar-refractivity contribution in [1.82, 2.24) is 4.90 Å². The minimum atomic E-state index is 0.183. The van der Waals surface area contributed by atoms with E-state index >= 15 is 0 Å². The fourth-order valence-corrected chi connectivity index (χ4v) is 2.54. The lowest BCUT2D eigenvalue weighted by Crippen LogP contribution is -2.42. The number of hydrogen-bond donors (Lipinski definition) is 0. The molecule has 1 aromatic carbocycles. The lowest BCUT2D eigenvalue weighted by molar-refractivity contribution is -0.0194. The Hall–Kier alpha value is -0.0900. The summed E-state index contributed by atoms with van der Waals surface area (Å²) in [4.78, 5) is 2.39. The molecule has 1 fully saturated rings. The average Bonchev–Trinajstić information content (AvgIpc) is 2.29. The Bertz CT molecular complexity index is 348. The number of hydrogen-bond acceptors (Lipinski definition) is 2. The van der Waals surface area contributed by atoms with Gasteiger partial charge in [-0.05, 0) is 17.7 Å². The van der Waals surface area contributed by atoms with E-state index in [0.717, 1.165) is 30.7 Å². The first-order chi connectivity index (χ1) is 7.78. The number of alkyl halides is 1. The predicted molar refractivity (Wildman–Crippen MR) is 69.9 cm³/mol. The smallest absolute Gasteiger partial charge is 0.0837 e. The summed E-state index contributed by atoms with van der Waals surface area (Å²) < 4.78 is 6.67. The molecule has 0 saturated carbocycles. The molecule has 1 aromatic rings. The topological polar surface area (TPSA) is 12.5 Å². The van der Waals surface area contributed by atoms with E-state index in [1.807, 2.05) is 6.07 Å². The molecular weight excluding hydrogens is 289 g/mol. The lowest BCUT2D eigenvalue weighted by atomic mass is 10.2. The second-order valence-corrected chi connectivity index (χ2v) is 5.24.